The van der Waals surface area contributed by atoms with E-state index in [1.54, 1.807) is 4.90 Å². The van der Waals surface area contributed by atoms with E-state index in [0.717, 1.165) is 11.3 Å². The number of rotatable bonds is 6. The minimum atomic E-state index is -3.16. The number of piperazine rings is 1. The molecule has 0 unspecified atom stereocenters. The number of para-hydroxylation sites is 1. The number of amides is 1. The Balaban J connectivity index is 1.69. The van der Waals surface area contributed by atoms with Gasteiger partial charge in [0.15, 0.2) is 0 Å². The molecule has 0 atom stereocenters. The zero-order valence-corrected chi connectivity index (χ0v) is 14.5. The third-order valence-corrected chi connectivity index (χ3v) is 5.25. The summed E-state index contributed by atoms with van der Waals surface area (Å²) in [6.45, 7) is 4.17. The average molecular weight is 340 g/mol. The number of sulfonamides is 1. The monoisotopic (exact) mass is 340 g/mol. The zero-order chi connectivity index (χ0) is 16.9. The highest BCUT2D eigenvalue weighted by atomic mass is 32.2. The smallest absolute Gasteiger partial charge is 0.222 e. The third-order valence-electron chi connectivity index (χ3n) is 3.95. The van der Waals surface area contributed by atoms with Crippen LogP contribution in [0, 0.1) is 6.92 Å². The van der Waals surface area contributed by atoms with Gasteiger partial charge < -0.3 is 9.64 Å². The molecule has 0 radical (unpaired) electrons. The van der Waals surface area contributed by atoms with Gasteiger partial charge in [-0.05, 0) is 25.0 Å². The number of carbonyl (C=O) groups is 1. The summed E-state index contributed by atoms with van der Waals surface area (Å²) in [5, 5.41) is 0. The molecule has 0 aliphatic carbocycles. The number of aryl methyl sites for hydroxylation is 1. The van der Waals surface area contributed by atoms with Crippen LogP contribution in [0.25, 0.3) is 0 Å². The van der Waals surface area contributed by atoms with Crippen LogP contribution in [0.4, 0.5) is 0 Å². The van der Waals surface area contributed by atoms with Crippen molar-refractivity contribution in [3.05, 3.63) is 29.8 Å². The van der Waals surface area contributed by atoms with Crippen LogP contribution in [0.2, 0.25) is 0 Å². The molecule has 2 rings (SSSR count). The molecule has 1 aliphatic rings. The molecular weight excluding hydrogens is 316 g/mol. The number of nitrogens with zero attached hydrogens (tertiary/aromatic N) is 2. The van der Waals surface area contributed by atoms with Crippen LogP contribution in [-0.4, -0.2) is 62.6 Å². The lowest BCUT2D eigenvalue weighted by molar-refractivity contribution is -0.132. The van der Waals surface area contributed by atoms with Crippen LogP contribution < -0.4 is 4.74 Å². The second-order valence-electron chi connectivity index (χ2n) is 5.76. The molecule has 1 aromatic carbocycles. The second kappa shape index (κ2) is 7.79. The Morgan fingerprint density at radius 2 is 1.83 bits per heavy atom. The molecule has 0 N–H and O–H groups in total. The highest BCUT2D eigenvalue weighted by Crippen LogP contribution is 2.16. The predicted octanol–water partition coefficient (Wildman–Crippen LogP) is 1.26. The van der Waals surface area contributed by atoms with Gasteiger partial charge in [0.2, 0.25) is 15.9 Å². The summed E-state index contributed by atoms with van der Waals surface area (Å²) in [4.78, 5) is 13.9. The van der Waals surface area contributed by atoms with Crippen LogP contribution in [0.15, 0.2) is 24.3 Å². The van der Waals surface area contributed by atoms with Gasteiger partial charge in [-0.2, -0.15) is 4.31 Å². The molecule has 7 heteroatoms. The number of hydrogen-bond acceptors (Lipinski definition) is 4. The molecule has 6 nitrogen and oxygen atoms in total. The van der Waals surface area contributed by atoms with Crippen molar-refractivity contribution in [2.45, 2.75) is 19.8 Å². The summed E-state index contributed by atoms with van der Waals surface area (Å²) < 4.78 is 30.0. The van der Waals surface area contributed by atoms with E-state index < -0.39 is 10.0 Å². The van der Waals surface area contributed by atoms with Crippen LogP contribution in [0.3, 0.4) is 0 Å². The summed E-state index contributed by atoms with van der Waals surface area (Å²) in [6.07, 6.45) is 2.28. The van der Waals surface area contributed by atoms with E-state index in [9.17, 15) is 13.2 Å². The molecular formula is C16H24N2O4S. The maximum atomic E-state index is 12.1. The van der Waals surface area contributed by atoms with Crippen LogP contribution in [0.5, 0.6) is 5.75 Å². The highest BCUT2D eigenvalue weighted by Gasteiger charge is 2.25. The Bertz CT molecular complexity index is 637. The van der Waals surface area contributed by atoms with Crippen LogP contribution in [0.1, 0.15) is 18.4 Å². The molecule has 1 amide bonds. The molecule has 128 valence electrons. The van der Waals surface area contributed by atoms with E-state index in [4.69, 9.17) is 4.74 Å². The third kappa shape index (κ3) is 5.21. The molecule has 1 aromatic rings. The molecule has 1 saturated heterocycles. The highest BCUT2D eigenvalue weighted by molar-refractivity contribution is 7.88. The van der Waals surface area contributed by atoms with Crippen LogP contribution in [-0.2, 0) is 14.8 Å². The SMILES string of the molecule is Cc1ccccc1OCCCC(=O)N1CCN(S(C)(=O)=O)CC1. The van der Waals surface area contributed by atoms with Crippen molar-refractivity contribution in [2.24, 2.45) is 0 Å². The predicted molar refractivity (Wildman–Crippen MR) is 88.9 cm³/mol. The summed E-state index contributed by atoms with van der Waals surface area (Å²) in [5.74, 6) is 0.910. The van der Waals surface area contributed by atoms with Crippen molar-refractivity contribution < 1.29 is 17.9 Å². The van der Waals surface area contributed by atoms with Gasteiger partial charge >= 0.3 is 0 Å². The molecule has 1 heterocycles. The van der Waals surface area contributed by atoms with E-state index in [1.165, 1.54) is 10.6 Å². The van der Waals surface area contributed by atoms with Gasteiger partial charge in [-0.1, -0.05) is 18.2 Å². The lowest BCUT2D eigenvalue weighted by Crippen LogP contribution is -2.50. The molecule has 1 aliphatic heterocycles. The van der Waals surface area contributed by atoms with Crippen molar-refractivity contribution in [3.8, 4) is 5.75 Å². The lowest BCUT2D eigenvalue weighted by Gasteiger charge is -2.33. The normalized spacial score (nSPS) is 16.3. The van der Waals surface area contributed by atoms with Gasteiger partial charge in [0, 0.05) is 32.6 Å². The quantitative estimate of drug-likeness (QED) is 0.731. The molecule has 0 spiro atoms. The van der Waals surface area contributed by atoms with E-state index in [-0.39, 0.29) is 5.91 Å². The largest absolute Gasteiger partial charge is 0.493 e. The van der Waals surface area contributed by atoms with E-state index in [0.29, 0.717) is 45.6 Å². The minimum Gasteiger partial charge on any atom is -0.493 e. The number of benzene rings is 1. The second-order valence-corrected chi connectivity index (χ2v) is 7.74. The fourth-order valence-corrected chi connectivity index (χ4v) is 3.38. The number of carbonyl (C=O) groups excluding carboxylic acids is 1. The first kappa shape index (κ1) is 17.7. The summed E-state index contributed by atoms with van der Waals surface area (Å²) in [5.41, 5.74) is 1.08. The van der Waals surface area contributed by atoms with Gasteiger partial charge in [0.25, 0.3) is 0 Å². The Morgan fingerprint density at radius 3 is 2.43 bits per heavy atom. The maximum Gasteiger partial charge on any atom is 0.222 e. The molecule has 0 bridgehead atoms. The fraction of sp³-hybridized carbons (Fsp3) is 0.562. The Morgan fingerprint density at radius 1 is 1.17 bits per heavy atom. The van der Waals surface area contributed by atoms with Crippen molar-refractivity contribution >= 4 is 15.9 Å². The molecule has 0 aromatic heterocycles. The number of hydrogen-bond donors (Lipinski definition) is 0. The first-order chi connectivity index (χ1) is 10.9. The Kier molecular flexibility index (Phi) is 6.01. The van der Waals surface area contributed by atoms with E-state index >= 15 is 0 Å². The first-order valence-electron chi connectivity index (χ1n) is 7.79. The topological polar surface area (TPSA) is 66.9 Å². The molecule has 1 fully saturated rings. The van der Waals surface area contributed by atoms with Crippen molar-refractivity contribution in [3.63, 3.8) is 0 Å². The van der Waals surface area contributed by atoms with Gasteiger partial charge in [0.05, 0.1) is 12.9 Å². The summed E-state index contributed by atoms with van der Waals surface area (Å²) >= 11 is 0. The Hall–Kier alpha value is -1.60. The minimum absolute atomic E-state index is 0.0616. The first-order valence-corrected chi connectivity index (χ1v) is 9.64. The van der Waals surface area contributed by atoms with Crippen molar-refractivity contribution in [1.29, 1.82) is 0 Å². The number of ether oxygens (including phenoxy) is 1. The van der Waals surface area contributed by atoms with E-state index in [2.05, 4.69) is 0 Å². The van der Waals surface area contributed by atoms with Gasteiger partial charge in [-0.3, -0.25) is 4.79 Å². The summed E-state index contributed by atoms with van der Waals surface area (Å²) in [7, 11) is -3.16. The molecule has 0 saturated carbocycles. The lowest BCUT2D eigenvalue weighted by atomic mass is 10.2. The van der Waals surface area contributed by atoms with E-state index in [1.807, 2.05) is 31.2 Å². The fourth-order valence-electron chi connectivity index (χ4n) is 2.55. The maximum absolute atomic E-state index is 12.1. The van der Waals surface area contributed by atoms with Crippen molar-refractivity contribution in [2.75, 3.05) is 39.0 Å². The summed E-state index contributed by atoms with van der Waals surface area (Å²) in [6, 6.07) is 7.79. The molecule has 23 heavy (non-hydrogen) atoms. The van der Waals surface area contributed by atoms with Crippen LogP contribution >= 0.6 is 0 Å². The van der Waals surface area contributed by atoms with Gasteiger partial charge in [0.1, 0.15) is 5.75 Å². The van der Waals surface area contributed by atoms with Gasteiger partial charge in [-0.15, -0.1) is 0 Å². The van der Waals surface area contributed by atoms with Gasteiger partial charge in [-0.25, -0.2) is 8.42 Å². The standard InChI is InChI=1S/C16H24N2O4S/c1-14-6-3-4-7-15(14)22-13-5-8-16(19)17-9-11-18(12-10-17)23(2,20)21/h3-4,6-7H,5,8-13H2,1-2H3. The average Bonchev–Trinajstić information content (AvgIpc) is 2.52. The zero-order valence-electron chi connectivity index (χ0n) is 13.7. The Labute approximate surface area is 138 Å². The van der Waals surface area contributed by atoms with Crippen molar-refractivity contribution in [1.82, 2.24) is 9.21 Å².